The van der Waals surface area contributed by atoms with Crippen molar-refractivity contribution in [2.45, 2.75) is 13.2 Å². The number of methoxy groups -OCH3 is 1. The van der Waals surface area contributed by atoms with E-state index in [-0.39, 0.29) is 6.61 Å². The lowest BCUT2D eigenvalue weighted by molar-refractivity contribution is 0.0472. The van der Waals surface area contributed by atoms with Gasteiger partial charge in [0.2, 0.25) is 0 Å². The molecule has 0 aliphatic carbocycles. The summed E-state index contributed by atoms with van der Waals surface area (Å²) in [6, 6.07) is 16.7. The molecule has 24 heavy (non-hydrogen) atoms. The molecule has 0 aliphatic rings. The summed E-state index contributed by atoms with van der Waals surface area (Å²) in [5, 5.41) is 1.30. The maximum Gasteiger partial charge on any atom is 0.338 e. The van der Waals surface area contributed by atoms with Crippen LogP contribution in [0.15, 0.2) is 54.6 Å². The topological polar surface area (TPSA) is 48.4 Å². The number of hydrogen-bond acceptors (Lipinski definition) is 4. The first kappa shape index (κ1) is 16.4. The number of para-hydroxylation sites is 1. The minimum Gasteiger partial charge on any atom is -0.457 e. The van der Waals surface area contributed by atoms with Gasteiger partial charge in [0, 0.05) is 18.1 Å². The van der Waals surface area contributed by atoms with Crippen molar-refractivity contribution in [3.05, 3.63) is 76.4 Å². The van der Waals surface area contributed by atoms with Gasteiger partial charge in [0.25, 0.3) is 0 Å². The molecule has 3 rings (SSSR count). The second kappa shape index (κ2) is 7.43. The van der Waals surface area contributed by atoms with E-state index in [1.54, 1.807) is 25.3 Å². The van der Waals surface area contributed by atoms with Gasteiger partial charge in [-0.2, -0.15) is 0 Å². The normalized spacial score (nSPS) is 10.8. The summed E-state index contributed by atoms with van der Waals surface area (Å²) in [4.78, 5) is 16.5. The van der Waals surface area contributed by atoms with Crippen molar-refractivity contribution in [1.29, 1.82) is 0 Å². The highest BCUT2D eigenvalue weighted by Gasteiger charge is 2.11. The quantitative estimate of drug-likeness (QED) is 0.510. The van der Waals surface area contributed by atoms with E-state index < -0.39 is 5.97 Å². The van der Waals surface area contributed by atoms with Crippen LogP contribution < -0.4 is 0 Å². The first-order chi connectivity index (χ1) is 11.7. The van der Waals surface area contributed by atoms with Crippen LogP contribution in [0.25, 0.3) is 10.9 Å². The van der Waals surface area contributed by atoms with Crippen molar-refractivity contribution in [3.8, 4) is 0 Å². The molecule has 0 unspecified atom stereocenters. The molecule has 1 aromatic heterocycles. The highest BCUT2D eigenvalue weighted by atomic mass is 35.5. The molecule has 4 nitrogen and oxygen atoms in total. The number of rotatable bonds is 5. The summed E-state index contributed by atoms with van der Waals surface area (Å²) < 4.78 is 10.4. The van der Waals surface area contributed by atoms with Crippen molar-refractivity contribution in [3.63, 3.8) is 0 Å². The molecule has 0 atom stereocenters. The number of pyridine rings is 1. The molecule has 1 heterocycles. The summed E-state index contributed by atoms with van der Waals surface area (Å²) in [6.45, 7) is 0.519. The predicted octanol–water partition coefficient (Wildman–Crippen LogP) is 4.39. The van der Waals surface area contributed by atoms with Gasteiger partial charge in [-0.25, -0.2) is 9.78 Å². The maximum atomic E-state index is 12.2. The van der Waals surface area contributed by atoms with Gasteiger partial charge in [0.05, 0.1) is 17.7 Å². The van der Waals surface area contributed by atoms with Crippen molar-refractivity contribution >= 4 is 28.5 Å². The molecule has 0 amide bonds. The van der Waals surface area contributed by atoms with E-state index in [0.717, 1.165) is 16.5 Å². The smallest absolute Gasteiger partial charge is 0.338 e. The number of carbonyl (C=O) groups is 1. The van der Waals surface area contributed by atoms with Crippen molar-refractivity contribution in [2.24, 2.45) is 0 Å². The summed E-state index contributed by atoms with van der Waals surface area (Å²) in [7, 11) is 1.61. The Hall–Kier alpha value is -2.43. The molecular formula is C19H16ClNO3. The van der Waals surface area contributed by atoms with Crippen molar-refractivity contribution < 1.29 is 14.3 Å². The van der Waals surface area contributed by atoms with Gasteiger partial charge in [0.1, 0.15) is 11.8 Å². The summed E-state index contributed by atoms with van der Waals surface area (Å²) in [6.07, 6.45) is 0. The number of ether oxygens (including phenoxy) is 2. The molecule has 2 aromatic carbocycles. The fourth-order valence-electron chi connectivity index (χ4n) is 2.42. The van der Waals surface area contributed by atoms with Crippen LogP contribution in [0.5, 0.6) is 0 Å². The summed E-state index contributed by atoms with van der Waals surface area (Å²) in [5.41, 5.74) is 2.88. The highest BCUT2D eigenvalue weighted by Crippen LogP contribution is 2.21. The molecule has 5 heteroatoms. The molecule has 0 N–H and O–H groups in total. The Labute approximate surface area is 145 Å². The zero-order valence-electron chi connectivity index (χ0n) is 13.2. The number of halogens is 1. The summed E-state index contributed by atoms with van der Waals surface area (Å²) in [5.74, 6) is -0.405. The van der Waals surface area contributed by atoms with Crippen LogP contribution in [0.2, 0.25) is 5.15 Å². The molecule has 0 bridgehead atoms. The van der Waals surface area contributed by atoms with Crippen LogP contribution >= 0.6 is 11.6 Å². The van der Waals surface area contributed by atoms with Gasteiger partial charge in [0.15, 0.2) is 0 Å². The molecule has 122 valence electrons. The molecule has 0 aliphatic heterocycles. The van der Waals surface area contributed by atoms with Gasteiger partial charge in [-0.3, -0.25) is 0 Å². The Morgan fingerprint density at radius 3 is 2.75 bits per heavy atom. The average Bonchev–Trinajstić information content (AvgIpc) is 2.60. The molecule has 3 aromatic rings. The third-order valence-corrected chi connectivity index (χ3v) is 3.91. The number of carbonyl (C=O) groups excluding carboxylic acids is 1. The second-order valence-corrected chi connectivity index (χ2v) is 5.70. The molecule has 0 spiro atoms. The second-order valence-electron chi connectivity index (χ2n) is 5.34. The number of hydrogen-bond donors (Lipinski definition) is 0. The van der Waals surface area contributed by atoms with Crippen LogP contribution in [-0.2, 0) is 22.7 Å². The number of benzene rings is 2. The van der Waals surface area contributed by atoms with E-state index in [4.69, 9.17) is 21.1 Å². The monoisotopic (exact) mass is 341 g/mol. The summed E-state index contributed by atoms with van der Waals surface area (Å²) >= 11 is 6.18. The third-order valence-electron chi connectivity index (χ3n) is 3.58. The number of aromatic nitrogens is 1. The lowest BCUT2D eigenvalue weighted by Gasteiger charge is -2.08. The fourth-order valence-corrected chi connectivity index (χ4v) is 2.62. The van der Waals surface area contributed by atoms with Crippen LogP contribution in [0.1, 0.15) is 21.5 Å². The van der Waals surface area contributed by atoms with Gasteiger partial charge in [-0.05, 0) is 29.8 Å². The Morgan fingerprint density at radius 1 is 1.08 bits per heavy atom. The Bertz CT molecular complexity index is 879. The minimum atomic E-state index is -0.405. The molecular weight excluding hydrogens is 326 g/mol. The Morgan fingerprint density at radius 2 is 1.92 bits per heavy atom. The van der Waals surface area contributed by atoms with Crippen LogP contribution in [0.3, 0.4) is 0 Å². The van der Waals surface area contributed by atoms with E-state index in [2.05, 4.69) is 4.98 Å². The SMILES string of the molecule is COCc1cccc(C(=O)OCc2cc3ccccc3nc2Cl)c1. The number of esters is 1. The van der Waals surface area contributed by atoms with Crippen LogP contribution in [0, 0.1) is 0 Å². The van der Waals surface area contributed by atoms with E-state index in [1.807, 2.05) is 36.4 Å². The van der Waals surface area contributed by atoms with E-state index >= 15 is 0 Å². The largest absolute Gasteiger partial charge is 0.457 e. The highest BCUT2D eigenvalue weighted by molar-refractivity contribution is 6.30. The van der Waals surface area contributed by atoms with E-state index in [9.17, 15) is 4.79 Å². The first-order valence-corrected chi connectivity index (χ1v) is 7.84. The third kappa shape index (κ3) is 3.72. The number of nitrogens with zero attached hydrogens (tertiary/aromatic N) is 1. The fraction of sp³-hybridized carbons (Fsp3) is 0.158. The number of fused-ring (bicyclic) bond motifs is 1. The minimum absolute atomic E-state index is 0.0734. The lowest BCUT2D eigenvalue weighted by Crippen LogP contribution is -2.06. The molecule has 0 saturated carbocycles. The first-order valence-electron chi connectivity index (χ1n) is 7.46. The molecule has 0 fully saturated rings. The van der Waals surface area contributed by atoms with Crippen LogP contribution in [0.4, 0.5) is 0 Å². The van der Waals surface area contributed by atoms with Crippen molar-refractivity contribution in [1.82, 2.24) is 4.98 Å². The van der Waals surface area contributed by atoms with E-state index in [0.29, 0.717) is 22.9 Å². The van der Waals surface area contributed by atoms with Gasteiger partial charge >= 0.3 is 5.97 Å². The zero-order chi connectivity index (χ0) is 16.9. The molecule has 0 radical (unpaired) electrons. The zero-order valence-corrected chi connectivity index (χ0v) is 13.9. The Kier molecular flexibility index (Phi) is 5.08. The standard InChI is InChI=1S/C19H16ClNO3/c1-23-11-13-5-4-7-15(9-13)19(22)24-12-16-10-14-6-2-3-8-17(14)21-18(16)20/h2-10H,11-12H2,1H3. The molecule has 0 saturated heterocycles. The van der Waals surface area contributed by atoms with Gasteiger partial charge in [-0.1, -0.05) is 41.9 Å². The van der Waals surface area contributed by atoms with Crippen molar-refractivity contribution in [2.75, 3.05) is 7.11 Å². The van der Waals surface area contributed by atoms with Gasteiger partial charge in [-0.15, -0.1) is 0 Å². The van der Waals surface area contributed by atoms with Gasteiger partial charge < -0.3 is 9.47 Å². The Balaban J connectivity index is 1.74. The van der Waals surface area contributed by atoms with E-state index in [1.165, 1.54) is 0 Å². The van der Waals surface area contributed by atoms with Crippen LogP contribution in [-0.4, -0.2) is 18.1 Å². The maximum absolute atomic E-state index is 12.2. The average molecular weight is 342 g/mol. The lowest BCUT2D eigenvalue weighted by atomic mass is 10.1. The predicted molar refractivity (Wildman–Crippen MR) is 93.0 cm³/mol.